The summed E-state index contributed by atoms with van der Waals surface area (Å²) in [6, 6.07) is 6.29. The van der Waals surface area contributed by atoms with Crippen LogP contribution in [-0.4, -0.2) is 6.61 Å². The van der Waals surface area contributed by atoms with Gasteiger partial charge in [-0.2, -0.15) is 0 Å². The van der Waals surface area contributed by atoms with Crippen LogP contribution in [0.2, 0.25) is 0 Å². The van der Waals surface area contributed by atoms with Crippen LogP contribution in [0.15, 0.2) is 22.7 Å². The van der Waals surface area contributed by atoms with Gasteiger partial charge in [-0.3, -0.25) is 0 Å². The first-order valence-electron chi connectivity index (χ1n) is 7.27. The molecule has 3 heteroatoms. The first-order chi connectivity index (χ1) is 9.20. The van der Waals surface area contributed by atoms with Crippen molar-refractivity contribution in [1.29, 1.82) is 0 Å². The van der Waals surface area contributed by atoms with E-state index in [4.69, 9.17) is 4.74 Å². The Morgan fingerprint density at radius 1 is 1.32 bits per heavy atom. The Balaban J connectivity index is 1.99. The summed E-state index contributed by atoms with van der Waals surface area (Å²) in [4.78, 5) is 0.396. The zero-order valence-electron chi connectivity index (χ0n) is 11.5. The molecule has 0 N–H and O–H groups in total. The molecule has 19 heavy (non-hydrogen) atoms. The monoisotopic (exact) mass is 388 g/mol. The van der Waals surface area contributed by atoms with Crippen LogP contribution in [0.3, 0.4) is 0 Å². The fraction of sp³-hybridized carbons (Fsp3) is 0.625. The molecule has 0 spiro atoms. The topological polar surface area (TPSA) is 9.23 Å². The first-order valence-corrected chi connectivity index (χ1v) is 8.98. The third kappa shape index (κ3) is 4.49. The molecule has 1 aliphatic carbocycles. The van der Waals surface area contributed by atoms with Crippen molar-refractivity contribution in [3.63, 3.8) is 0 Å². The molecule has 1 saturated carbocycles. The Kier molecular flexibility index (Phi) is 6.21. The highest BCUT2D eigenvalue weighted by Crippen LogP contribution is 2.39. The molecule has 0 amide bonds. The van der Waals surface area contributed by atoms with Crippen molar-refractivity contribution in [2.75, 3.05) is 6.61 Å². The van der Waals surface area contributed by atoms with Crippen LogP contribution in [0.1, 0.15) is 55.8 Å². The minimum absolute atomic E-state index is 0.396. The smallest absolute Gasteiger partial charge is 0.123 e. The van der Waals surface area contributed by atoms with Crippen LogP contribution in [0.25, 0.3) is 0 Å². The summed E-state index contributed by atoms with van der Waals surface area (Å²) in [5.74, 6) is 1.96. The normalized spacial score (nSPS) is 17.6. The van der Waals surface area contributed by atoms with Gasteiger partial charge >= 0.3 is 0 Å². The van der Waals surface area contributed by atoms with Crippen molar-refractivity contribution in [2.24, 2.45) is 5.92 Å². The molecule has 1 aromatic carbocycles. The van der Waals surface area contributed by atoms with E-state index >= 15 is 0 Å². The summed E-state index contributed by atoms with van der Waals surface area (Å²) in [6.45, 7) is 2.75. The van der Waals surface area contributed by atoms with E-state index in [1.54, 1.807) is 0 Å². The van der Waals surface area contributed by atoms with Crippen molar-refractivity contribution in [2.45, 2.75) is 50.3 Å². The van der Waals surface area contributed by atoms with Crippen molar-refractivity contribution >= 4 is 31.9 Å². The summed E-state index contributed by atoms with van der Waals surface area (Å²) in [5, 5.41) is 0. The number of rotatable bonds is 6. The molecule has 1 nitrogen and oxygen atoms in total. The summed E-state index contributed by atoms with van der Waals surface area (Å²) in [5.41, 5.74) is 1.27. The Morgan fingerprint density at radius 2 is 2.05 bits per heavy atom. The quantitative estimate of drug-likeness (QED) is 0.522. The SMILES string of the molecule is CCOc1ccc(Br)cc1C(Br)CCC1CCCC1. The van der Waals surface area contributed by atoms with Crippen LogP contribution in [0.4, 0.5) is 0 Å². The average molecular weight is 390 g/mol. The van der Waals surface area contributed by atoms with E-state index in [1.165, 1.54) is 44.1 Å². The second-order valence-electron chi connectivity index (χ2n) is 5.31. The van der Waals surface area contributed by atoms with Crippen molar-refractivity contribution in [3.8, 4) is 5.75 Å². The Hall–Kier alpha value is -0.0200. The van der Waals surface area contributed by atoms with Gasteiger partial charge in [0, 0.05) is 14.9 Å². The molecule has 0 bridgehead atoms. The molecular formula is C16H22Br2O. The standard InChI is InChI=1S/C16H22Br2O/c1-2-19-16-10-8-13(17)11-14(16)15(18)9-7-12-5-3-4-6-12/h8,10-12,15H,2-7,9H2,1H3. The molecule has 1 aliphatic rings. The lowest BCUT2D eigenvalue weighted by Crippen LogP contribution is -2.01. The molecule has 1 unspecified atom stereocenters. The van der Waals surface area contributed by atoms with Crippen LogP contribution >= 0.6 is 31.9 Å². The highest BCUT2D eigenvalue weighted by atomic mass is 79.9. The van der Waals surface area contributed by atoms with E-state index in [0.29, 0.717) is 4.83 Å². The highest BCUT2D eigenvalue weighted by Gasteiger charge is 2.19. The number of benzene rings is 1. The summed E-state index contributed by atoms with van der Waals surface area (Å²) >= 11 is 7.40. The molecular weight excluding hydrogens is 368 g/mol. The molecule has 0 aliphatic heterocycles. The average Bonchev–Trinajstić information content (AvgIpc) is 2.91. The van der Waals surface area contributed by atoms with E-state index in [-0.39, 0.29) is 0 Å². The van der Waals surface area contributed by atoms with Crippen LogP contribution in [0, 0.1) is 5.92 Å². The van der Waals surface area contributed by atoms with Gasteiger partial charge in [0.1, 0.15) is 5.75 Å². The first kappa shape index (κ1) is 15.4. The third-order valence-corrected chi connectivity index (χ3v) is 5.36. The highest BCUT2D eigenvalue weighted by molar-refractivity contribution is 9.10. The maximum absolute atomic E-state index is 5.73. The van der Waals surface area contributed by atoms with Crippen LogP contribution in [0.5, 0.6) is 5.75 Å². The fourth-order valence-corrected chi connectivity index (χ4v) is 3.89. The zero-order chi connectivity index (χ0) is 13.7. The summed E-state index contributed by atoms with van der Waals surface area (Å²) in [7, 11) is 0. The second kappa shape index (κ2) is 7.68. The van der Waals surface area contributed by atoms with Crippen LogP contribution in [-0.2, 0) is 0 Å². The van der Waals surface area contributed by atoms with Gasteiger partial charge in [0.05, 0.1) is 6.61 Å². The lowest BCUT2D eigenvalue weighted by molar-refractivity contribution is 0.335. The maximum Gasteiger partial charge on any atom is 0.123 e. The molecule has 0 aromatic heterocycles. The van der Waals surface area contributed by atoms with E-state index in [9.17, 15) is 0 Å². The number of hydrogen-bond acceptors (Lipinski definition) is 1. The van der Waals surface area contributed by atoms with Crippen molar-refractivity contribution in [3.05, 3.63) is 28.2 Å². The minimum Gasteiger partial charge on any atom is -0.494 e. The molecule has 1 fully saturated rings. The predicted molar refractivity (Wildman–Crippen MR) is 88.2 cm³/mol. The van der Waals surface area contributed by atoms with E-state index in [2.05, 4.69) is 44.0 Å². The Bertz CT molecular complexity index is 400. The minimum atomic E-state index is 0.396. The van der Waals surface area contributed by atoms with E-state index < -0.39 is 0 Å². The van der Waals surface area contributed by atoms with E-state index in [0.717, 1.165) is 22.7 Å². The lowest BCUT2D eigenvalue weighted by Gasteiger charge is -2.17. The van der Waals surface area contributed by atoms with E-state index in [1.807, 2.05) is 13.0 Å². The summed E-state index contributed by atoms with van der Waals surface area (Å²) < 4.78 is 6.86. The largest absolute Gasteiger partial charge is 0.494 e. The Morgan fingerprint density at radius 3 is 2.74 bits per heavy atom. The number of hydrogen-bond donors (Lipinski definition) is 0. The molecule has 0 heterocycles. The molecule has 106 valence electrons. The maximum atomic E-state index is 5.73. The molecule has 1 aromatic rings. The number of alkyl halides is 1. The summed E-state index contributed by atoms with van der Waals surface area (Å²) in [6.07, 6.45) is 8.24. The molecule has 2 rings (SSSR count). The predicted octanol–water partition coefficient (Wildman–Crippen LogP) is 6.25. The zero-order valence-corrected chi connectivity index (χ0v) is 14.7. The Labute approximate surface area is 133 Å². The third-order valence-electron chi connectivity index (χ3n) is 3.91. The van der Waals surface area contributed by atoms with Gasteiger partial charge < -0.3 is 4.74 Å². The lowest BCUT2D eigenvalue weighted by atomic mass is 9.98. The number of halogens is 2. The van der Waals surface area contributed by atoms with Crippen molar-refractivity contribution in [1.82, 2.24) is 0 Å². The van der Waals surface area contributed by atoms with Gasteiger partial charge in [0.25, 0.3) is 0 Å². The number of ether oxygens (including phenoxy) is 1. The van der Waals surface area contributed by atoms with Gasteiger partial charge in [0.15, 0.2) is 0 Å². The molecule has 0 saturated heterocycles. The molecule has 1 atom stereocenters. The van der Waals surface area contributed by atoms with Gasteiger partial charge in [-0.05, 0) is 43.9 Å². The van der Waals surface area contributed by atoms with Crippen LogP contribution < -0.4 is 4.74 Å². The van der Waals surface area contributed by atoms with Gasteiger partial charge in [-0.25, -0.2) is 0 Å². The van der Waals surface area contributed by atoms with Gasteiger partial charge in [0.2, 0.25) is 0 Å². The van der Waals surface area contributed by atoms with Crippen molar-refractivity contribution < 1.29 is 4.74 Å². The fourth-order valence-electron chi connectivity index (χ4n) is 2.89. The second-order valence-corrected chi connectivity index (χ2v) is 7.33. The molecule has 0 radical (unpaired) electrons. The van der Waals surface area contributed by atoms with Gasteiger partial charge in [-0.1, -0.05) is 57.5 Å². The van der Waals surface area contributed by atoms with Gasteiger partial charge in [-0.15, -0.1) is 0 Å².